The van der Waals surface area contributed by atoms with Crippen molar-refractivity contribution in [1.29, 1.82) is 0 Å². The molecule has 5 nitrogen and oxygen atoms in total. The second-order valence-corrected chi connectivity index (χ2v) is 7.43. The molecule has 1 aliphatic rings. The number of hydrogen-bond acceptors (Lipinski definition) is 5. The fourth-order valence-corrected chi connectivity index (χ4v) is 4.19. The lowest BCUT2D eigenvalue weighted by atomic mass is 10.0. The van der Waals surface area contributed by atoms with E-state index in [0.29, 0.717) is 17.0 Å². The number of ether oxygens (including phenoxy) is 1. The van der Waals surface area contributed by atoms with Gasteiger partial charge in [-0.25, -0.2) is 14.0 Å². The van der Waals surface area contributed by atoms with Crippen LogP contribution in [0.5, 0.6) is 0 Å². The highest BCUT2D eigenvalue weighted by Gasteiger charge is 2.34. The molecule has 2 heterocycles. The Hall–Kier alpha value is -2.32. The maximum absolute atomic E-state index is 13.0. The first-order valence-electron chi connectivity index (χ1n) is 7.98. The molecule has 0 radical (unpaired) electrons. The molecule has 0 aliphatic carbocycles. The van der Waals surface area contributed by atoms with E-state index in [0.717, 1.165) is 9.77 Å². The summed E-state index contributed by atoms with van der Waals surface area (Å²) in [6, 6.07) is 8.87. The fourth-order valence-electron chi connectivity index (χ4n) is 2.54. The Balaban J connectivity index is 1.91. The molecule has 0 spiro atoms. The number of carbonyl (C=O) groups is 2. The van der Waals surface area contributed by atoms with Crippen molar-refractivity contribution in [3.8, 4) is 0 Å². The second kappa shape index (κ2) is 8.37. The predicted molar refractivity (Wildman–Crippen MR) is 99.5 cm³/mol. The van der Waals surface area contributed by atoms with Crippen LogP contribution in [0.2, 0.25) is 0 Å². The van der Waals surface area contributed by atoms with Gasteiger partial charge in [0.05, 0.1) is 18.2 Å². The van der Waals surface area contributed by atoms with Crippen LogP contribution in [0.25, 0.3) is 0 Å². The standard InChI is InChI=1S/C18H17FN2O3S2/c1-2-24-17(22)15-13(10-26-12-7-5-11(19)6-8-12)20-18(23)21-16(15)14-4-3-9-25-14/h3-9,16H,2,10H2,1H3,(H2,20,21,23)/t16-/m0/s1. The van der Waals surface area contributed by atoms with E-state index in [4.69, 9.17) is 4.74 Å². The van der Waals surface area contributed by atoms with Gasteiger partial charge in [0.15, 0.2) is 0 Å². The summed E-state index contributed by atoms with van der Waals surface area (Å²) in [6.07, 6.45) is 0. The lowest BCUT2D eigenvalue weighted by Crippen LogP contribution is -2.46. The van der Waals surface area contributed by atoms with Crippen molar-refractivity contribution >= 4 is 35.1 Å². The van der Waals surface area contributed by atoms with E-state index in [1.807, 2.05) is 17.5 Å². The number of benzene rings is 1. The molecule has 26 heavy (non-hydrogen) atoms. The number of nitrogens with one attached hydrogen (secondary N) is 2. The molecule has 2 aromatic rings. The average molecular weight is 392 g/mol. The minimum absolute atomic E-state index is 0.242. The first-order chi connectivity index (χ1) is 12.6. The van der Waals surface area contributed by atoms with Crippen LogP contribution in [0.3, 0.4) is 0 Å². The SMILES string of the molecule is CCOC(=O)C1=C(CSc2ccc(F)cc2)NC(=O)N[C@H]1c1cccs1. The molecule has 0 saturated carbocycles. The van der Waals surface area contributed by atoms with Crippen LogP contribution in [-0.4, -0.2) is 24.4 Å². The molecule has 1 aliphatic heterocycles. The minimum Gasteiger partial charge on any atom is -0.463 e. The summed E-state index contributed by atoms with van der Waals surface area (Å²) in [5.74, 6) is -0.420. The van der Waals surface area contributed by atoms with E-state index in [1.54, 1.807) is 19.1 Å². The fraction of sp³-hybridized carbons (Fsp3) is 0.222. The summed E-state index contributed by atoms with van der Waals surface area (Å²) in [6.45, 7) is 1.98. The molecule has 2 N–H and O–H groups in total. The molecule has 0 saturated heterocycles. The summed E-state index contributed by atoms with van der Waals surface area (Å²) < 4.78 is 18.3. The smallest absolute Gasteiger partial charge is 0.338 e. The third-order valence-corrected chi connectivity index (χ3v) is 5.65. The van der Waals surface area contributed by atoms with Crippen LogP contribution in [0.4, 0.5) is 9.18 Å². The van der Waals surface area contributed by atoms with E-state index in [1.165, 1.54) is 35.2 Å². The number of thiophene rings is 1. The van der Waals surface area contributed by atoms with E-state index in [9.17, 15) is 14.0 Å². The molecule has 2 amide bonds. The third kappa shape index (κ3) is 4.25. The summed E-state index contributed by atoms with van der Waals surface area (Å²) in [7, 11) is 0. The van der Waals surface area contributed by atoms with Crippen molar-refractivity contribution in [3.05, 3.63) is 63.7 Å². The number of hydrogen-bond donors (Lipinski definition) is 2. The van der Waals surface area contributed by atoms with Crippen molar-refractivity contribution in [2.75, 3.05) is 12.4 Å². The highest BCUT2D eigenvalue weighted by atomic mass is 32.2. The maximum atomic E-state index is 13.0. The Kier molecular flexibility index (Phi) is 5.95. The van der Waals surface area contributed by atoms with Gasteiger partial charge in [0.2, 0.25) is 0 Å². The van der Waals surface area contributed by atoms with Crippen molar-refractivity contribution < 1.29 is 18.7 Å². The summed E-state index contributed by atoms with van der Waals surface area (Å²) in [5, 5.41) is 7.39. The van der Waals surface area contributed by atoms with Gasteiger partial charge in [0, 0.05) is 21.2 Å². The third-order valence-electron chi connectivity index (χ3n) is 3.67. The van der Waals surface area contributed by atoms with Gasteiger partial charge < -0.3 is 15.4 Å². The molecular weight excluding hydrogens is 375 g/mol. The largest absolute Gasteiger partial charge is 0.463 e. The lowest BCUT2D eigenvalue weighted by Gasteiger charge is -2.28. The van der Waals surface area contributed by atoms with Crippen molar-refractivity contribution in [1.82, 2.24) is 10.6 Å². The lowest BCUT2D eigenvalue weighted by molar-refractivity contribution is -0.139. The predicted octanol–water partition coefficient (Wildman–Crippen LogP) is 3.85. The number of rotatable bonds is 6. The second-order valence-electron chi connectivity index (χ2n) is 5.40. The van der Waals surface area contributed by atoms with Gasteiger partial charge in [-0.2, -0.15) is 0 Å². The Morgan fingerprint density at radius 2 is 2.08 bits per heavy atom. The van der Waals surface area contributed by atoms with Crippen LogP contribution in [0.15, 0.2) is 57.9 Å². The zero-order valence-electron chi connectivity index (χ0n) is 14.0. The highest BCUT2D eigenvalue weighted by Crippen LogP contribution is 2.32. The van der Waals surface area contributed by atoms with Gasteiger partial charge in [-0.05, 0) is 42.6 Å². The molecule has 136 valence electrons. The first-order valence-corrected chi connectivity index (χ1v) is 9.84. The Bertz CT molecular complexity index is 819. The van der Waals surface area contributed by atoms with Crippen molar-refractivity contribution in [3.63, 3.8) is 0 Å². The molecule has 1 aromatic heterocycles. The van der Waals surface area contributed by atoms with Crippen LogP contribution >= 0.6 is 23.1 Å². The molecule has 0 fully saturated rings. The zero-order valence-corrected chi connectivity index (χ0v) is 15.6. The monoisotopic (exact) mass is 392 g/mol. The van der Waals surface area contributed by atoms with E-state index in [2.05, 4.69) is 10.6 Å². The summed E-state index contributed by atoms with van der Waals surface area (Å²) in [5.41, 5.74) is 0.892. The van der Waals surface area contributed by atoms with E-state index < -0.39 is 12.0 Å². The number of halogens is 1. The van der Waals surface area contributed by atoms with E-state index >= 15 is 0 Å². The molecule has 1 aromatic carbocycles. The van der Waals surface area contributed by atoms with Gasteiger partial charge in [-0.15, -0.1) is 23.1 Å². The number of amides is 2. The number of urea groups is 1. The van der Waals surface area contributed by atoms with Crippen LogP contribution in [0, 0.1) is 5.82 Å². The molecule has 0 bridgehead atoms. The maximum Gasteiger partial charge on any atom is 0.338 e. The van der Waals surface area contributed by atoms with Gasteiger partial charge in [0.25, 0.3) is 0 Å². The highest BCUT2D eigenvalue weighted by molar-refractivity contribution is 7.99. The van der Waals surface area contributed by atoms with Gasteiger partial charge in [0.1, 0.15) is 5.82 Å². The Labute approximate surface area is 158 Å². The normalized spacial score (nSPS) is 16.8. The number of carbonyl (C=O) groups excluding carboxylic acids is 2. The van der Waals surface area contributed by atoms with E-state index in [-0.39, 0.29) is 18.5 Å². The first kappa shape index (κ1) is 18.5. The Morgan fingerprint density at radius 1 is 1.31 bits per heavy atom. The van der Waals surface area contributed by atoms with Crippen LogP contribution in [0.1, 0.15) is 17.8 Å². The summed E-state index contributed by atoms with van der Waals surface area (Å²) >= 11 is 2.86. The van der Waals surface area contributed by atoms with Gasteiger partial charge in [-0.1, -0.05) is 6.07 Å². The molecular formula is C18H17FN2O3S2. The molecule has 0 unspecified atom stereocenters. The van der Waals surface area contributed by atoms with Crippen molar-refractivity contribution in [2.45, 2.75) is 17.9 Å². The molecule has 1 atom stereocenters. The van der Waals surface area contributed by atoms with Crippen molar-refractivity contribution in [2.24, 2.45) is 0 Å². The van der Waals surface area contributed by atoms with Crippen LogP contribution < -0.4 is 10.6 Å². The Morgan fingerprint density at radius 3 is 2.73 bits per heavy atom. The topological polar surface area (TPSA) is 67.4 Å². The minimum atomic E-state index is -0.549. The number of esters is 1. The molecule has 8 heteroatoms. The van der Waals surface area contributed by atoms with Gasteiger partial charge >= 0.3 is 12.0 Å². The van der Waals surface area contributed by atoms with Crippen LogP contribution in [-0.2, 0) is 9.53 Å². The van der Waals surface area contributed by atoms with Gasteiger partial charge in [-0.3, -0.25) is 0 Å². The summed E-state index contributed by atoms with van der Waals surface area (Å²) in [4.78, 5) is 26.3. The zero-order chi connectivity index (χ0) is 18.5. The molecule has 3 rings (SSSR count). The number of thioether (sulfide) groups is 1. The quantitative estimate of drug-likeness (QED) is 0.579. The average Bonchev–Trinajstić information content (AvgIpc) is 3.15.